The summed E-state index contributed by atoms with van der Waals surface area (Å²) in [5, 5.41) is 16.3. The summed E-state index contributed by atoms with van der Waals surface area (Å²) in [5.74, 6) is 2.20. The van der Waals surface area contributed by atoms with Crippen LogP contribution < -0.4 is 10.6 Å². The van der Waals surface area contributed by atoms with Crippen molar-refractivity contribution >= 4 is 45.3 Å². The second kappa shape index (κ2) is 13.0. The molecule has 15 heteroatoms. The van der Waals surface area contributed by atoms with E-state index in [9.17, 15) is 4.79 Å². The molecule has 0 unspecified atom stereocenters. The van der Waals surface area contributed by atoms with Crippen molar-refractivity contribution in [2.24, 2.45) is 4.99 Å². The van der Waals surface area contributed by atoms with Gasteiger partial charge in [-0.3, -0.25) is 14.5 Å². The number of thiophene rings is 1. The van der Waals surface area contributed by atoms with Crippen molar-refractivity contribution in [2.45, 2.75) is 95.3 Å². The van der Waals surface area contributed by atoms with Crippen molar-refractivity contribution in [1.82, 2.24) is 44.5 Å². The lowest BCUT2D eigenvalue weighted by atomic mass is 9.63. The fraction of sp³-hybridized carbons (Fsp3) is 0.553. The highest BCUT2D eigenvalue weighted by atomic mass is 32.1. The van der Waals surface area contributed by atoms with Gasteiger partial charge in [0.15, 0.2) is 28.6 Å². The van der Waals surface area contributed by atoms with Crippen LogP contribution >= 0.6 is 11.3 Å². The van der Waals surface area contributed by atoms with Gasteiger partial charge in [-0.15, -0.1) is 11.3 Å². The second-order valence-electron chi connectivity index (χ2n) is 15.5. The third-order valence-electron chi connectivity index (χ3n) is 12.1. The van der Waals surface area contributed by atoms with Crippen molar-refractivity contribution in [3.63, 3.8) is 0 Å². The van der Waals surface area contributed by atoms with Crippen molar-refractivity contribution < 1.29 is 9.32 Å². The Balaban J connectivity index is 1.19. The van der Waals surface area contributed by atoms with E-state index in [0.29, 0.717) is 29.8 Å². The number of likely N-dealkylation sites (N-methyl/N-ethyl adjacent to an activating group) is 1. The SMILES string of the molecule is CN=Cc1c(N)sc2c1[C@@]1(CCC2)CCCc2c(-c3nc(N4CCCn5nc(C(=O)N(C)C)cc5C4)c4cnn([C@@H](C)[C@@H]5CCCN5C)c4n3)noc21. The van der Waals surface area contributed by atoms with E-state index in [1.807, 2.05) is 23.2 Å². The van der Waals surface area contributed by atoms with Gasteiger partial charge in [-0.1, -0.05) is 5.16 Å². The van der Waals surface area contributed by atoms with Crippen molar-refractivity contribution in [3.8, 4) is 11.5 Å². The molecular weight excluding hydrogens is 689 g/mol. The molecule has 9 rings (SSSR count). The first-order valence-electron chi connectivity index (χ1n) is 19.0. The van der Waals surface area contributed by atoms with Gasteiger partial charge in [0, 0.05) is 62.5 Å². The van der Waals surface area contributed by atoms with Crippen LogP contribution in [0.3, 0.4) is 0 Å². The lowest BCUT2D eigenvalue weighted by molar-refractivity contribution is 0.0821. The average Bonchev–Trinajstić information content (AvgIpc) is 3.98. The number of amides is 1. The topological polar surface area (TPSA) is 153 Å². The summed E-state index contributed by atoms with van der Waals surface area (Å²) < 4.78 is 10.6. The number of aromatic nitrogens is 7. The summed E-state index contributed by atoms with van der Waals surface area (Å²) >= 11 is 1.69. The number of nitrogens with two attached hydrogens (primary N) is 1. The highest BCUT2D eigenvalue weighted by molar-refractivity contribution is 7.16. The molecule has 0 aromatic carbocycles. The van der Waals surface area contributed by atoms with Gasteiger partial charge in [-0.05, 0) is 89.9 Å². The van der Waals surface area contributed by atoms with Crippen LogP contribution in [0.4, 0.5) is 10.8 Å². The van der Waals surface area contributed by atoms with Gasteiger partial charge >= 0.3 is 0 Å². The van der Waals surface area contributed by atoms with Crippen LogP contribution in [0.25, 0.3) is 22.6 Å². The molecule has 5 aromatic rings. The van der Waals surface area contributed by atoms with E-state index in [1.165, 1.54) is 16.9 Å². The minimum atomic E-state index is -0.307. The molecule has 0 saturated carbocycles. The molecule has 7 heterocycles. The molecule has 0 radical (unpaired) electrons. The Morgan fingerprint density at radius 3 is 2.75 bits per heavy atom. The number of hydrogen-bond donors (Lipinski definition) is 1. The Labute approximate surface area is 313 Å². The summed E-state index contributed by atoms with van der Waals surface area (Å²) in [5.41, 5.74) is 12.7. The van der Waals surface area contributed by atoms with Gasteiger partial charge in [0.25, 0.3) is 5.91 Å². The Hall–Kier alpha value is -4.63. The van der Waals surface area contributed by atoms with E-state index in [-0.39, 0.29) is 17.4 Å². The summed E-state index contributed by atoms with van der Waals surface area (Å²) in [4.78, 5) is 35.6. The molecule has 53 heavy (non-hydrogen) atoms. The minimum absolute atomic E-state index is 0.103. The van der Waals surface area contributed by atoms with Crippen molar-refractivity contribution in [2.75, 3.05) is 51.9 Å². The number of likely N-dealkylation sites (tertiary alicyclic amines) is 1. The fourth-order valence-corrected chi connectivity index (χ4v) is 10.8. The van der Waals surface area contributed by atoms with Gasteiger partial charge in [0.05, 0.1) is 40.3 Å². The van der Waals surface area contributed by atoms with Gasteiger partial charge in [0.2, 0.25) is 0 Å². The molecule has 2 aliphatic heterocycles. The molecular formula is C38H48N12O2S. The first kappa shape index (κ1) is 34.2. The first-order chi connectivity index (χ1) is 25.7. The number of rotatable bonds is 6. The lowest BCUT2D eigenvalue weighted by Crippen LogP contribution is -2.35. The van der Waals surface area contributed by atoms with E-state index in [1.54, 1.807) is 37.4 Å². The molecule has 5 aromatic heterocycles. The second-order valence-corrected chi connectivity index (χ2v) is 16.7. The monoisotopic (exact) mass is 736 g/mol. The molecule has 4 aliphatic rings. The Morgan fingerprint density at radius 2 is 1.98 bits per heavy atom. The average molecular weight is 737 g/mol. The van der Waals surface area contributed by atoms with E-state index in [4.69, 9.17) is 35.6 Å². The van der Waals surface area contributed by atoms with Gasteiger partial charge in [0.1, 0.15) is 5.82 Å². The number of nitrogens with zero attached hydrogens (tertiary/aromatic N) is 11. The number of hydrogen-bond acceptors (Lipinski definition) is 12. The molecule has 1 amide bonds. The summed E-state index contributed by atoms with van der Waals surface area (Å²) in [6, 6.07) is 2.39. The van der Waals surface area contributed by atoms with Gasteiger partial charge in [-0.2, -0.15) is 10.2 Å². The van der Waals surface area contributed by atoms with E-state index in [0.717, 1.165) is 115 Å². The van der Waals surface area contributed by atoms with Crippen LogP contribution in [-0.2, 0) is 31.3 Å². The molecule has 1 saturated heterocycles. The quantitative estimate of drug-likeness (QED) is 0.233. The Bertz CT molecular complexity index is 2240. The molecule has 2 N–H and O–H groups in total. The molecule has 2 aliphatic carbocycles. The number of carbonyl (C=O) groups is 1. The maximum Gasteiger partial charge on any atom is 0.273 e. The molecule has 1 fully saturated rings. The Kier molecular flexibility index (Phi) is 8.41. The first-order valence-corrected chi connectivity index (χ1v) is 19.8. The van der Waals surface area contributed by atoms with Crippen molar-refractivity contribution in [1.29, 1.82) is 0 Å². The number of aliphatic imine (C=N–C) groups is 1. The third kappa shape index (κ3) is 5.40. The smallest absolute Gasteiger partial charge is 0.273 e. The van der Waals surface area contributed by atoms with Gasteiger partial charge < -0.3 is 25.0 Å². The standard InChI is InChI=1S/C38H48N12O2S/c1-22(28-11-8-15-47(28)5)50-36-26(20-41-50)35(48-16-9-17-49-23(21-48)18-27(44-49)37(51)46(3)4)42-34(43-36)31-24-10-6-13-38(32(24)52-45-31)14-7-12-29-30(38)25(19-40-2)33(39)53-29/h18-20,22,28H,6-17,21,39H2,1-5H3/t22-,28-,38-/m0/s1. The van der Waals surface area contributed by atoms with Crippen LogP contribution in [0.2, 0.25) is 0 Å². The van der Waals surface area contributed by atoms with E-state index >= 15 is 0 Å². The van der Waals surface area contributed by atoms with Crippen LogP contribution in [0.1, 0.15) is 101 Å². The predicted octanol–water partition coefficient (Wildman–Crippen LogP) is 5.10. The number of fused-ring (bicyclic) bond motifs is 6. The third-order valence-corrected chi connectivity index (χ3v) is 13.2. The van der Waals surface area contributed by atoms with E-state index in [2.05, 4.69) is 33.4 Å². The molecule has 0 bridgehead atoms. The highest BCUT2D eigenvalue weighted by Crippen LogP contribution is 2.55. The summed E-state index contributed by atoms with van der Waals surface area (Å²) in [6.07, 6.45) is 12.9. The van der Waals surface area contributed by atoms with E-state index < -0.39 is 0 Å². The molecule has 278 valence electrons. The molecule has 3 atom stereocenters. The van der Waals surface area contributed by atoms with Crippen molar-refractivity contribution in [3.05, 3.63) is 51.0 Å². The maximum atomic E-state index is 12.9. The predicted molar refractivity (Wildman–Crippen MR) is 206 cm³/mol. The molecule has 1 spiro atoms. The highest BCUT2D eigenvalue weighted by Gasteiger charge is 2.48. The zero-order valence-corrected chi connectivity index (χ0v) is 32.1. The normalized spacial score (nSPS) is 22.4. The summed E-state index contributed by atoms with van der Waals surface area (Å²) in [7, 11) is 7.52. The fourth-order valence-electron chi connectivity index (χ4n) is 9.64. The number of carbonyl (C=O) groups excluding carboxylic acids is 1. The molecule has 14 nitrogen and oxygen atoms in total. The lowest BCUT2D eigenvalue weighted by Gasteiger charge is -2.39. The summed E-state index contributed by atoms with van der Waals surface area (Å²) in [6.45, 7) is 5.37. The maximum absolute atomic E-state index is 12.9. The van der Waals surface area contributed by atoms with Crippen LogP contribution in [-0.4, -0.2) is 104 Å². The minimum Gasteiger partial charge on any atom is -0.390 e. The van der Waals surface area contributed by atoms with Crippen LogP contribution in [0, 0.1) is 0 Å². The number of anilines is 2. The largest absolute Gasteiger partial charge is 0.390 e. The number of nitrogen functional groups attached to an aromatic ring is 1. The zero-order chi connectivity index (χ0) is 36.6. The Morgan fingerprint density at radius 1 is 1.15 bits per heavy atom. The van der Waals surface area contributed by atoms with Crippen LogP contribution in [0.5, 0.6) is 0 Å². The van der Waals surface area contributed by atoms with Gasteiger partial charge in [-0.25, -0.2) is 14.6 Å². The zero-order valence-electron chi connectivity index (χ0n) is 31.3. The number of aryl methyl sites for hydroxylation is 2. The van der Waals surface area contributed by atoms with Crippen LogP contribution in [0.15, 0.2) is 21.8 Å².